The first-order valence-corrected chi connectivity index (χ1v) is 5.62. The molecule has 68 valence electrons. The molecule has 0 unspecified atom stereocenters. The number of aryl methyl sites for hydroxylation is 1. The summed E-state index contributed by atoms with van der Waals surface area (Å²) in [5.41, 5.74) is 1.26. The second-order valence-corrected chi connectivity index (χ2v) is 4.52. The lowest BCUT2D eigenvalue weighted by Gasteiger charge is -1.99. The zero-order valence-corrected chi connectivity index (χ0v) is 10.1. The van der Waals surface area contributed by atoms with Gasteiger partial charge in [0.1, 0.15) is 0 Å². The van der Waals surface area contributed by atoms with Gasteiger partial charge in [0, 0.05) is 32.2 Å². The molecule has 0 aliphatic heterocycles. The molecule has 0 fully saturated rings. The summed E-state index contributed by atoms with van der Waals surface area (Å²) in [5, 5.41) is 2.05. The van der Waals surface area contributed by atoms with Crippen molar-refractivity contribution in [2.45, 2.75) is 13.5 Å². The molecule has 1 heterocycles. The second-order valence-electron chi connectivity index (χ2n) is 2.92. The number of benzene rings is 1. The number of halogens is 2. The fraction of sp³-hybridized carbons (Fsp3) is 0.200. The van der Waals surface area contributed by atoms with Crippen LogP contribution >= 0.6 is 34.2 Å². The minimum Gasteiger partial charge on any atom is -0.347 e. The van der Waals surface area contributed by atoms with Crippen LogP contribution in [-0.2, 0) is 6.54 Å². The lowest BCUT2D eigenvalue weighted by atomic mass is 10.2. The largest absolute Gasteiger partial charge is 0.347 e. The van der Waals surface area contributed by atoms with Gasteiger partial charge in [0.2, 0.25) is 0 Å². The van der Waals surface area contributed by atoms with Gasteiger partial charge in [-0.25, -0.2) is 0 Å². The van der Waals surface area contributed by atoms with E-state index in [1.807, 2.05) is 12.1 Å². The van der Waals surface area contributed by atoms with E-state index in [1.165, 1.54) is 14.5 Å². The maximum absolute atomic E-state index is 5.93. The molecule has 0 aliphatic carbocycles. The van der Waals surface area contributed by atoms with Crippen molar-refractivity contribution in [3.05, 3.63) is 33.0 Å². The van der Waals surface area contributed by atoms with E-state index in [1.54, 1.807) is 0 Å². The Labute approximate surface area is 95.8 Å². The standard InChI is InChI=1S/C10H9ClIN/c1-2-13-6-9(12)8-5-7(11)3-4-10(8)13/h3-6H,2H2,1H3. The van der Waals surface area contributed by atoms with Crippen LogP contribution in [0.1, 0.15) is 6.92 Å². The van der Waals surface area contributed by atoms with Gasteiger partial charge in [-0.15, -0.1) is 0 Å². The molecular formula is C10H9ClIN. The SMILES string of the molecule is CCn1cc(I)c2cc(Cl)ccc21. The highest BCUT2D eigenvalue weighted by Gasteiger charge is 2.04. The van der Waals surface area contributed by atoms with E-state index in [4.69, 9.17) is 11.6 Å². The summed E-state index contributed by atoms with van der Waals surface area (Å²) in [6, 6.07) is 6.03. The second kappa shape index (κ2) is 3.50. The first kappa shape index (κ1) is 9.34. The van der Waals surface area contributed by atoms with Gasteiger partial charge in [-0.05, 0) is 47.7 Å². The number of rotatable bonds is 1. The van der Waals surface area contributed by atoms with E-state index in [9.17, 15) is 0 Å². The Morgan fingerprint density at radius 3 is 2.92 bits per heavy atom. The lowest BCUT2D eigenvalue weighted by molar-refractivity contribution is 0.796. The summed E-state index contributed by atoms with van der Waals surface area (Å²) in [6.45, 7) is 3.14. The predicted molar refractivity (Wildman–Crippen MR) is 65.3 cm³/mol. The third-order valence-corrected chi connectivity index (χ3v) is 3.23. The van der Waals surface area contributed by atoms with Crippen molar-refractivity contribution in [1.82, 2.24) is 4.57 Å². The average Bonchev–Trinajstić information content (AvgIpc) is 2.43. The summed E-state index contributed by atoms with van der Waals surface area (Å²) >= 11 is 8.27. The zero-order chi connectivity index (χ0) is 9.42. The molecule has 3 heteroatoms. The number of nitrogens with zero attached hydrogens (tertiary/aromatic N) is 1. The topological polar surface area (TPSA) is 4.93 Å². The van der Waals surface area contributed by atoms with Crippen molar-refractivity contribution in [3.8, 4) is 0 Å². The molecule has 0 bridgehead atoms. The lowest BCUT2D eigenvalue weighted by Crippen LogP contribution is -1.89. The molecule has 1 nitrogen and oxygen atoms in total. The van der Waals surface area contributed by atoms with Crippen LogP contribution in [0, 0.1) is 3.57 Å². The molecule has 2 aromatic rings. The van der Waals surface area contributed by atoms with E-state index in [0.29, 0.717) is 0 Å². The first-order chi connectivity index (χ1) is 6.22. The third kappa shape index (κ3) is 1.57. The van der Waals surface area contributed by atoms with Gasteiger partial charge in [0.25, 0.3) is 0 Å². The average molecular weight is 306 g/mol. The first-order valence-electron chi connectivity index (χ1n) is 4.16. The Morgan fingerprint density at radius 2 is 2.23 bits per heavy atom. The van der Waals surface area contributed by atoms with Crippen LogP contribution in [0.3, 0.4) is 0 Å². The van der Waals surface area contributed by atoms with Gasteiger partial charge in [-0.2, -0.15) is 0 Å². The number of aromatic nitrogens is 1. The maximum atomic E-state index is 5.93. The summed E-state index contributed by atoms with van der Waals surface area (Å²) in [4.78, 5) is 0. The molecule has 0 saturated heterocycles. The molecule has 0 aliphatic rings. The van der Waals surface area contributed by atoms with Crippen LogP contribution in [0.25, 0.3) is 10.9 Å². The van der Waals surface area contributed by atoms with Crippen molar-refractivity contribution >= 4 is 45.1 Å². The van der Waals surface area contributed by atoms with Crippen LogP contribution in [0.15, 0.2) is 24.4 Å². The smallest absolute Gasteiger partial charge is 0.0492 e. The van der Waals surface area contributed by atoms with E-state index in [0.717, 1.165) is 11.6 Å². The molecule has 0 saturated carbocycles. The van der Waals surface area contributed by atoms with E-state index >= 15 is 0 Å². The number of hydrogen-bond acceptors (Lipinski definition) is 0. The summed E-state index contributed by atoms with van der Waals surface area (Å²) in [6.07, 6.45) is 2.15. The summed E-state index contributed by atoms with van der Waals surface area (Å²) < 4.78 is 3.49. The Hall–Kier alpha value is -0.220. The normalized spacial score (nSPS) is 11.0. The van der Waals surface area contributed by atoms with Crippen LogP contribution in [0.5, 0.6) is 0 Å². The van der Waals surface area contributed by atoms with Gasteiger partial charge in [0.15, 0.2) is 0 Å². The molecule has 0 N–H and O–H groups in total. The van der Waals surface area contributed by atoms with E-state index in [2.05, 4.69) is 46.3 Å². The fourth-order valence-corrected chi connectivity index (χ4v) is 2.43. The van der Waals surface area contributed by atoms with Gasteiger partial charge in [0.05, 0.1) is 0 Å². The molecule has 13 heavy (non-hydrogen) atoms. The van der Waals surface area contributed by atoms with Crippen LogP contribution in [0.4, 0.5) is 0 Å². The summed E-state index contributed by atoms with van der Waals surface area (Å²) in [7, 11) is 0. The van der Waals surface area contributed by atoms with Crippen molar-refractivity contribution in [1.29, 1.82) is 0 Å². The molecular weight excluding hydrogens is 296 g/mol. The fourth-order valence-electron chi connectivity index (χ4n) is 1.49. The van der Waals surface area contributed by atoms with Gasteiger partial charge < -0.3 is 4.57 Å². The summed E-state index contributed by atoms with van der Waals surface area (Å²) in [5.74, 6) is 0. The Kier molecular flexibility index (Phi) is 2.51. The highest BCUT2D eigenvalue weighted by atomic mass is 127. The van der Waals surface area contributed by atoms with Crippen LogP contribution in [0.2, 0.25) is 5.02 Å². The monoisotopic (exact) mass is 305 g/mol. The van der Waals surface area contributed by atoms with E-state index in [-0.39, 0.29) is 0 Å². The molecule has 2 rings (SSSR count). The van der Waals surface area contributed by atoms with Crippen LogP contribution < -0.4 is 0 Å². The zero-order valence-electron chi connectivity index (χ0n) is 7.22. The van der Waals surface area contributed by atoms with Crippen molar-refractivity contribution < 1.29 is 0 Å². The third-order valence-electron chi connectivity index (χ3n) is 2.14. The minimum atomic E-state index is 0.805. The van der Waals surface area contributed by atoms with Gasteiger partial charge in [-0.1, -0.05) is 11.6 Å². The Balaban J connectivity index is 2.80. The predicted octanol–water partition coefficient (Wildman–Crippen LogP) is 3.92. The van der Waals surface area contributed by atoms with Gasteiger partial charge in [-0.3, -0.25) is 0 Å². The number of fused-ring (bicyclic) bond motifs is 1. The molecule has 0 amide bonds. The number of hydrogen-bond donors (Lipinski definition) is 0. The van der Waals surface area contributed by atoms with Crippen molar-refractivity contribution in [3.63, 3.8) is 0 Å². The van der Waals surface area contributed by atoms with E-state index < -0.39 is 0 Å². The molecule has 0 atom stereocenters. The highest BCUT2D eigenvalue weighted by Crippen LogP contribution is 2.25. The highest BCUT2D eigenvalue weighted by molar-refractivity contribution is 14.1. The van der Waals surface area contributed by atoms with Gasteiger partial charge >= 0.3 is 0 Å². The molecule has 1 aromatic carbocycles. The Bertz CT molecular complexity index is 447. The maximum Gasteiger partial charge on any atom is 0.0492 e. The van der Waals surface area contributed by atoms with Crippen molar-refractivity contribution in [2.24, 2.45) is 0 Å². The quantitative estimate of drug-likeness (QED) is 0.704. The molecule has 0 spiro atoms. The minimum absolute atomic E-state index is 0.805. The Morgan fingerprint density at radius 1 is 1.46 bits per heavy atom. The van der Waals surface area contributed by atoms with Crippen LogP contribution in [-0.4, -0.2) is 4.57 Å². The molecule has 1 aromatic heterocycles. The molecule has 0 radical (unpaired) electrons. The van der Waals surface area contributed by atoms with Crippen molar-refractivity contribution in [2.75, 3.05) is 0 Å².